The highest BCUT2D eigenvalue weighted by Gasteiger charge is 2.37. The van der Waals surface area contributed by atoms with Gasteiger partial charge in [-0.1, -0.05) is 6.07 Å². The van der Waals surface area contributed by atoms with E-state index in [1.807, 2.05) is 33.9 Å². The lowest BCUT2D eigenvalue weighted by Crippen LogP contribution is -2.52. The van der Waals surface area contributed by atoms with Gasteiger partial charge in [-0.15, -0.1) is 0 Å². The number of nitrogens with zero attached hydrogens (tertiary/aromatic N) is 4. The van der Waals surface area contributed by atoms with Crippen molar-refractivity contribution in [3.05, 3.63) is 72.3 Å². The van der Waals surface area contributed by atoms with Gasteiger partial charge in [0, 0.05) is 58.3 Å². The molecule has 1 amide bonds. The zero-order chi connectivity index (χ0) is 29.2. The maximum Gasteiger partial charge on any atom is 0.248 e. The van der Waals surface area contributed by atoms with Gasteiger partial charge >= 0.3 is 0 Å². The highest BCUT2D eigenvalue weighted by molar-refractivity contribution is 5.77. The fraction of sp³-hybridized carbons (Fsp3) is 0.448. The number of halogens is 2. The lowest BCUT2D eigenvalue weighted by atomic mass is 10.0. The first-order chi connectivity index (χ1) is 19.8. The number of rotatable bonds is 13. The van der Waals surface area contributed by atoms with Crippen LogP contribution >= 0.6 is 0 Å². The zero-order valence-electron chi connectivity index (χ0n) is 23.3. The van der Waals surface area contributed by atoms with E-state index in [0.717, 1.165) is 30.7 Å². The van der Waals surface area contributed by atoms with Gasteiger partial charge in [0.2, 0.25) is 5.91 Å². The molecule has 10 nitrogen and oxygen atoms in total. The van der Waals surface area contributed by atoms with Crippen molar-refractivity contribution >= 4 is 5.91 Å². The van der Waals surface area contributed by atoms with Crippen LogP contribution in [0.4, 0.5) is 8.78 Å². The van der Waals surface area contributed by atoms with Crippen molar-refractivity contribution in [2.45, 2.75) is 25.1 Å². The molecule has 2 heterocycles. The summed E-state index contributed by atoms with van der Waals surface area (Å²) in [7, 11) is 3.02. The molecule has 1 aromatic heterocycles. The van der Waals surface area contributed by atoms with Crippen LogP contribution in [0.3, 0.4) is 0 Å². The topological polar surface area (TPSA) is 98.5 Å². The fourth-order valence-electron chi connectivity index (χ4n) is 4.72. The Balaban J connectivity index is 1.45. The highest BCUT2D eigenvalue weighted by atomic mass is 19.2. The largest absolute Gasteiger partial charge is 0.493 e. The molecule has 12 heteroatoms. The standard InChI is InChI=1S/C29H36F2N4O6/c1-38-17-28(36)35-12-11-34(18-29(37,19-35)20-41-23-5-6-24(30)25(31)15-23)16-22-4-7-26(39-2)27(14-22)40-13-3-9-33-10-8-32-21-33/h4-8,10,14-15,21,37H,3,9,11-13,16-20H2,1-2H3/t29-/m1/s1. The molecule has 222 valence electrons. The molecule has 1 aliphatic rings. The van der Waals surface area contributed by atoms with E-state index < -0.39 is 17.2 Å². The van der Waals surface area contributed by atoms with Gasteiger partial charge in [-0.3, -0.25) is 9.69 Å². The predicted octanol–water partition coefficient (Wildman–Crippen LogP) is 2.74. The molecule has 1 aliphatic heterocycles. The number of imidazole rings is 1. The van der Waals surface area contributed by atoms with Crippen molar-refractivity contribution in [3.8, 4) is 17.2 Å². The van der Waals surface area contributed by atoms with Crippen molar-refractivity contribution < 1.29 is 37.6 Å². The second-order valence-corrected chi connectivity index (χ2v) is 10.0. The Bertz CT molecular complexity index is 1280. The van der Waals surface area contributed by atoms with Gasteiger partial charge in [-0.2, -0.15) is 0 Å². The molecule has 1 saturated heterocycles. The van der Waals surface area contributed by atoms with E-state index in [1.54, 1.807) is 19.6 Å². The number of hydrogen-bond donors (Lipinski definition) is 1. The summed E-state index contributed by atoms with van der Waals surface area (Å²) in [5, 5.41) is 11.6. The Hall–Kier alpha value is -3.74. The van der Waals surface area contributed by atoms with Gasteiger partial charge in [0.1, 0.15) is 24.6 Å². The van der Waals surface area contributed by atoms with Crippen LogP contribution in [0.2, 0.25) is 0 Å². The molecule has 0 unspecified atom stereocenters. The fourth-order valence-corrected chi connectivity index (χ4v) is 4.72. The van der Waals surface area contributed by atoms with E-state index >= 15 is 0 Å². The molecule has 0 bridgehead atoms. The molecule has 1 atom stereocenters. The Labute approximate surface area is 238 Å². The average molecular weight is 575 g/mol. The van der Waals surface area contributed by atoms with Crippen molar-refractivity contribution in [1.29, 1.82) is 0 Å². The first-order valence-corrected chi connectivity index (χ1v) is 13.3. The summed E-state index contributed by atoms with van der Waals surface area (Å²) in [4.78, 5) is 20.3. The van der Waals surface area contributed by atoms with Crippen LogP contribution in [-0.4, -0.2) is 96.2 Å². The van der Waals surface area contributed by atoms with Crippen molar-refractivity contribution in [2.75, 3.05) is 60.2 Å². The van der Waals surface area contributed by atoms with Gasteiger partial charge in [0.05, 0.1) is 26.6 Å². The SMILES string of the molecule is COCC(=O)N1CCN(Cc2ccc(OC)c(OCCCn3ccnc3)c2)C[C@](O)(COc2ccc(F)c(F)c2)C1. The number of aliphatic hydroxyl groups is 1. The van der Waals surface area contributed by atoms with E-state index in [4.69, 9.17) is 18.9 Å². The van der Waals surface area contributed by atoms with Gasteiger partial charge in [-0.25, -0.2) is 13.8 Å². The molecule has 3 aromatic rings. The van der Waals surface area contributed by atoms with Gasteiger partial charge in [-0.05, 0) is 36.2 Å². The number of β-amino-alcohol motifs (C(OH)–C–C–N with tert-alkyl or cyclic N) is 1. The first kappa shape index (κ1) is 30.2. The van der Waals surface area contributed by atoms with E-state index in [9.17, 15) is 18.7 Å². The lowest BCUT2D eigenvalue weighted by molar-refractivity contribution is -0.138. The molecule has 0 radical (unpaired) electrons. The summed E-state index contributed by atoms with van der Waals surface area (Å²) < 4.78 is 51.2. The number of aromatic nitrogens is 2. The second-order valence-electron chi connectivity index (χ2n) is 10.0. The minimum atomic E-state index is -1.50. The van der Waals surface area contributed by atoms with Crippen LogP contribution in [0.1, 0.15) is 12.0 Å². The second kappa shape index (κ2) is 14.2. The first-order valence-electron chi connectivity index (χ1n) is 13.3. The lowest BCUT2D eigenvalue weighted by Gasteiger charge is -2.33. The summed E-state index contributed by atoms with van der Waals surface area (Å²) >= 11 is 0. The number of amides is 1. The molecule has 0 saturated carbocycles. The maximum atomic E-state index is 13.7. The Morgan fingerprint density at radius 3 is 2.63 bits per heavy atom. The summed E-state index contributed by atoms with van der Waals surface area (Å²) in [6.45, 7) is 2.36. The number of carbonyl (C=O) groups excluding carboxylic acids is 1. The normalized spacial score (nSPS) is 17.7. The molecular formula is C29H36F2N4O6. The molecule has 1 fully saturated rings. The minimum Gasteiger partial charge on any atom is -0.493 e. The molecular weight excluding hydrogens is 538 g/mol. The van der Waals surface area contributed by atoms with Gasteiger partial charge in [0.25, 0.3) is 0 Å². The van der Waals surface area contributed by atoms with E-state index in [0.29, 0.717) is 37.7 Å². The Morgan fingerprint density at radius 2 is 1.90 bits per heavy atom. The van der Waals surface area contributed by atoms with Gasteiger partial charge < -0.3 is 33.5 Å². The van der Waals surface area contributed by atoms with Crippen molar-refractivity contribution in [3.63, 3.8) is 0 Å². The van der Waals surface area contributed by atoms with Crippen LogP contribution in [0.5, 0.6) is 17.2 Å². The van der Waals surface area contributed by atoms with Crippen molar-refractivity contribution in [1.82, 2.24) is 19.4 Å². The summed E-state index contributed by atoms with van der Waals surface area (Å²) in [6.07, 6.45) is 6.18. The molecule has 41 heavy (non-hydrogen) atoms. The Kier molecular flexibility index (Phi) is 10.5. The zero-order valence-corrected chi connectivity index (χ0v) is 23.3. The number of benzene rings is 2. The molecule has 4 rings (SSSR count). The number of ether oxygens (including phenoxy) is 4. The van der Waals surface area contributed by atoms with Crippen LogP contribution in [0.15, 0.2) is 55.1 Å². The van der Waals surface area contributed by atoms with E-state index in [2.05, 4.69) is 4.98 Å². The third-order valence-corrected chi connectivity index (χ3v) is 6.72. The molecule has 0 aliphatic carbocycles. The van der Waals surface area contributed by atoms with E-state index in [1.165, 1.54) is 18.1 Å². The van der Waals surface area contributed by atoms with Crippen LogP contribution in [-0.2, 0) is 22.6 Å². The highest BCUT2D eigenvalue weighted by Crippen LogP contribution is 2.29. The third-order valence-electron chi connectivity index (χ3n) is 6.72. The van der Waals surface area contributed by atoms with Crippen LogP contribution in [0.25, 0.3) is 0 Å². The average Bonchev–Trinajstić information content (AvgIpc) is 3.42. The molecule has 0 spiro atoms. The van der Waals surface area contributed by atoms with Crippen LogP contribution in [0, 0.1) is 11.6 Å². The minimum absolute atomic E-state index is 0.0107. The quantitative estimate of drug-likeness (QED) is 0.312. The number of methoxy groups -OCH3 is 2. The maximum absolute atomic E-state index is 13.7. The van der Waals surface area contributed by atoms with Gasteiger partial charge in [0.15, 0.2) is 23.1 Å². The summed E-state index contributed by atoms with van der Waals surface area (Å²) in [5.74, 6) is -1.01. The Morgan fingerprint density at radius 1 is 1.05 bits per heavy atom. The molecule has 1 N–H and O–H groups in total. The third kappa shape index (κ3) is 8.62. The summed E-state index contributed by atoms with van der Waals surface area (Å²) in [5.41, 5.74) is -0.569. The number of carbonyl (C=O) groups is 1. The molecule has 2 aromatic carbocycles. The van der Waals surface area contributed by atoms with E-state index in [-0.39, 0.29) is 38.0 Å². The van der Waals surface area contributed by atoms with Crippen LogP contribution < -0.4 is 14.2 Å². The number of hydrogen-bond acceptors (Lipinski definition) is 8. The predicted molar refractivity (Wildman–Crippen MR) is 146 cm³/mol. The smallest absolute Gasteiger partial charge is 0.248 e. The number of aryl methyl sites for hydroxylation is 1. The van der Waals surface area contributed by atoms with Crippen molar-refractivity contribution in [2.24, 2.45) is 0 Å². The monoisotopic (exact) mass is 574 g/mol. The summed E-state index contributed by atoms with van der Waals surface area (Å²) in [6, 6.07) is 8.85.